The third-order valence-corrected chi connectivity index (χ3v) is 7.75. The van der Waals surface area contributed by atoms with E-state index in [0.717, 1.165) is 11.3 Å². The minimum atomic E-state index is -3.08. The fraction of sp³-hybridized carbons (Fsp3) is 0.292. The third-order valence-electron chi connectivity index (χ3n) is 6.14. The van der Waals surface area contributed by atoms with E-state index in [4.69, 9.17) is 16.2 Å². The molecule has 4 rings (SSSR count). The van der Waals surface area contributed by atoms with Gasteiger partial charge in [0.05, 0.1) is 23.6 Å². The molecular weight excluding hydrogens is 492 g/mol. The highest BCUT2D eigenvalue weighted by atomic mass is 35.5. The Kier molecular flexibility index (Phi) is 7.86. The molecule has 0 atom stereocenters. The largest absolute Gasteiger partial charge is 0.481 e. The van der Waals surface area contributed by atoms with Gasteiger partial charge in [-0.3, -0.25) is 15.0 Å². The maximum atomic E-state index is 13.6. The van der Waals surface area contributed by atoms with Gasteiger partial charge in [0.1, 0.15) is 5.84 Å². The maximum absolute atomic E-state index is 13.6. The van der Waals surface area contributed by atoms with Crippen LogP contribution in [-0.2, 0) is 25.8 Å². The number of amidine groups is 1. The average molecular weight is 519 g/mol. The Labute approximate surface area is 210 Å². The fourth-order valence-electron chi connectivity index (χ4n) is 4.21. The number of carboxylic acid groups (broad SMARTS) is 1. The van der Waals surface area contributed by atoms with Gasteiger partial charge in [-0.25, -0.2) is 8.42 Å². The lowest BCUT2D eigenvalue weighted by molar-refractivity contribution is -0.137. The highest BCUT2D eigenvalue weighted by Gasteiger charge is 2.36. The fourth-order valence-corrected chi connectivity index (χ4v) is 5.41. The van der Waals surface area contributed by atoms with Crippen LogP contribution in [0.2, 0.25) is 0 Å². The molecule has 1 fully saturated rings. The van der Waals surface area contributed by atoms with Gasteiger partial charge in [0.15, 0.2) is 9.84 Å². The maximum Gasteiger partial charge on any atom is 0.303 e. The van der Waals surface area contributed by atoms with E-state index in [0.29, 0.717) is 48.4 Å². The van der Waals surface area contributed by atoms with Crippen molar-refractivity contribution in [1.29, 1.82) is 5.41 Å². The molecule has 0 spiro atoms. The van der Waals surface area contributed by atoms with Crippen molar-refractivity contribution in [2.45, 2.75) is 12.8 Å². The van der Waals surface area contributed by atoms with E-state index in [9.17, 15) is 18.0 Å². The van der Waals surface area contributed by atoms with Crippen molar-refractivity contribution in [2.75, 3.05) is 36.0 Å². The van der Waals surface area contributed by atoms with E-state index in [1.807, 2.05) is 29.2 Å². The van der Waals surface area contributed by atoms with Crippen LogP contribution in [0.1, 0.15) is 23.1 Å². The van der Waals surface area contributed by atoms with Crippen molar-refractivity contribution in [1.82, 2.24) is 4.90 Å². The number of anilines is 1. The van der Waals surface area contributed by atoms with Crippen LogP contribution in [0.5, 0.6) is 0 Å². The second kappa shape index (κ2) is 10.5. The van der Waals surface area contributed by atoms with E-state index in [1.165, 1.54) is 0 Å². The Morgan fingerprint density at radius 3 is 2.17 bits per heavy atom. The summed E-state index contributed by atoms with van der Waals surface area (Å²) in [6.07, 6.45) is 0.423. The summed E-state index contributed by atoms with van der Waals surface area (Å²) in [5, 5.41) is 16.5. The summed E-state index contributed by atoms with van der Waals surface area (Å²) < 4.78 is 23.9. The molecule has 2 aliphatic rings. The van der Waals surface area contributed by atoms with E-state index < -0.39 is 15.8 Å². The molecule has 1 amide bonds. The van der Waals surface area contributed by atoms with Gasteiger partial charge in [0.2, 0.25) is 0 Å². The summed E-state index contributed by atoms with van der Waals surface area (Å²) in [6.45, 7) is 0.943. The molecule has 9 nitrogen and oxygen atoms in total. The van der Waals surface area contributed by atoms with Crippen LogP contribution in [0.4, 0.5) is 5.69 Å². The van der Waals surface area contributed by atoms with Crippen LogP contribution in [0.25, 0.3) is 5.57 Å². The number of carbonyl (C=O) groups is 2. The molecule has 2 aliphatic heterocycles. The zero-order valence-electron chi connectivity index (χ0n) is 18.9. The molecule has 1 saturated heterocycles. The first-order chi connectivity index (χ1) is 16.1. The van der Waals surface area contributed by atoms with Crippen LogP contribution < -0.4 is 10.6 Å². The molecular formula is C24H27ClN4O5S. The topological polar surface area (TPSA) is 145 Å². The van der Waals surface area contributed by atoms with Crippen molar-refractivity contribution < 1.29 is 23.1 Å². The number of carbonyl (C=O) groups excluding carboxylic acids is 1. The quantitative estimate of drug-likeness (QED) is 0.375. The third kappa shape index (κ3) is 5.83. The van der Waals surface area contributed by atoms with Gasteiger partial charge >= 0.3 is 5.97 Å². The average Bonchev–Trinajstić information content (AvgIpc) is 3.15. The zero-order valence-corrected chi connectivity index (χ0v) is 20.6. The monoisotopic (exact) mass is 518 g/mol. The number of nitrogens with one attached hydrogen (secondary N) is 1. The Hall–Kier alpha value is -3.37. The van der Waals surface area contributed by atoms with E-state index in [1.54, 1.807) is 29.2 Å². The molecule has 0 aliphatic carbocycles. The second-order valence-electron chi connectivity index (χ2n) is 8.40. The Bertz CT molecular complexity index is 1260. The molecule has 186 valence electrons. The number of hydrogen-bond donors (Lipinski definition) is 3. The summed E-state index contributed by atoms with van der Waals surface area (Å²) in [4.78, 5) is 28.0. The first-order valence-corrected chi connectivity index (χ1v) is 12.7. The normalized spacial score (nSPS) is 17.3. The summed E-state index contributed by atoms with van der Waals surface area (Å²) in [5.74, 6) is -1.04. The number of aliphatic carboxylic acids is 1. The van der Waals surface area contributed by atoms with E-state index >= 15 is 0 Å². The minimum absolute atomic E-state index is 0. The van der Waals surface area contributed by atoms with Crippen molar-refractivity contribution in [3.05, 3.63) is 70.9 Å². The van der Waals surface area contributed by atoms with Crippen LogP contribution in [0.15, 0.2) is 54.2 Å². The van der Waals surface area contributed by atoms with Gasteiger partial charge in [0, 0.05) is 36.5 Å². The number of nitrogen functional groups attached to an aromatic ring is 1. The highest BCUT2D eigenvalue weighted by molar-refractivity contribution is 7.91. The lowest BCUT2D eigenvalue weighted by Gasteiger charge is -2.30. The number of halogens is 1. The summed E-state index contributed by atoms with van der Waals surface area (Å²) in [7, 11) is -3.08. The minimum Gasteiger partial charge on any atom is -0.481 e. The second-order valence-corrected chi connectivity index (χ2v) is 10.7. The highest BCUT2D eigenvalue weighted by Crippen LogP contribution is 2.34. The Morgan fingerprint density at radius 2 is 1.63 bits per heavy atom. The summed E-state index contributed by atoms with van der Waals surface area (Å²) in [5.41, 5.74) is 9.61. The lowest BCUT2D eigenvalue weighted by Crippen LogP contribution is -2.41. The lowest BCUT2D eigenvalue weighted by atomic mass is 10.0. The Balaban J connectivity index is 0.00000342. The molecule has 2 heterocycles. The Morgan fingerprint density at radius 1 is 1.03 bits per heavy atom. The number of aryl methyl sites for hydroxylation is 1. The SMILES string of the molecule is Cl.N=C(N)c1ccc(N2CC(N3CCS(=O)(=O)CC3)=C(c3ccc(CCC(=O)O)cc3)C2=O)cc1. The summed E-state index contributed by atoms with van der Waals surface area (Å²) in [6, 6.07) is 14.1. The van der Waals surface area contributed by atoms with Crippen molar-refractivity contribution >= 4 is 51.2 Å². The number of nitrogens with two attached hydrogens (primary N) is 1. The van der Waals surface area contributed by atoms with Crippen LogP contribution >= 0.6 is 12.4 Å². The molecule has 0 bridgehead atoms. The number of sulfone groups is 1. The van der Waals surface area contributed by atoms with Crippen molar-refractivity contribution in [3.63, 3.8) is 0 Å². The number of nitrogens with zero attached hydrogens (tertiary/aromatic N) is 2. The molecule has 0 radical (unpaired) electrons. The first-order valence-electron chi connectivity index (χ1n) is 10.9. The molecule has 2 aromatic carbocycles. The zero-order chi connectivity index (χ0) is 24.5. The number of amides is 1. The molecule has 0 unspecified atom stereocenters. The number of hydrogen-bond acceptors (Lipinski definition) is 6. The van der Waals surface area contributed by atoms with Crippen molar-refractivity contribution in [2.24, 2.45) is 5.73 Å². The first kappa shape index (κ1) is 26.2. The molecule has 0 aromatic heterocycles. The number of rotatable bonds is 7. The molecule has 4 N–H and O–H groups in total. The molecule has 2 aromatic rings. The molecule has 11 heteroatoms. The van der Waals surface area contributed by atoms with Gasteiger partial charge < -0.3 is 20.6 Å². The smallest absolute Gasteiger partial charge is 0.303 e. The van der Waals surface area contributed by atoms with Crippen LogP contribution in [0, 0.1) is 5.41 Å². The number of benzene rings is 2. The van der Waals surface area contributed by atoms with E-state index in [2.05, 4.69) is 0 Å². The predicted molar refractivity (Wildman–Crippen MR) is 137 cm³/mol. The van der Waals surface area contributed by atoms with Gasteiger partial charge in [-0.1, -0.05) is 24.3 Å². The van der Waals surface area contributed by atoms with Gasteiger partial charge in [0.25, 0.3) is 5.91 Å². The standard InChI is InChI=1S/C24H26N4O5S.ClH/c25-23(26)18-6-8-19(9-7-18)28-15-20(27-11-13-34(32,33)14-12-27)22(24(28)31)17-4-1-16(2-5-17)3-10-21(29)30;/h1-2,4-9H,3,10-15H2,(H3,25,26)(H,29,30);1H. The summed E-state index contributed by atoms with van der Waals surface area (Å²) >= 11 is 0. The van der Waals surface area contributed by atoms with Gasteiger partial charge in [-0.15, -0.1) is 12.4 Å². The van der Waals surface area contributed by atoms with Crippen molar-refractivity contribution in [3.8, 4) is 0 Å². The predicted octanol–water partition coefficient (Wildman–Crippen LogP) is 1.90. The van der Waals surface area contributed by atoms with Crippen LogP contribution in [0.3, 0.4) is 0 Å². The number of carboxylic acids is 1. The molecule has 0 saturated carbocycles. The van der Waals surface area contributed by atoms with Crippen LogP contribution in [-0.4, -0.2) is 67.3 Å². The van der Waals surface area contributed by atoms with Gasteiger partial charge in [-0.05, 0) is 41.8 Å². The van der Waals surface area contributed by atoms with Gasteiger partial charge in [-0.2, -0.15) is 0 Å². The van der Waals surface area contributed by atoms with E-state index in [-0.39, 0.29) is 42.1 Å². The molecule has 35 heavy (non-hydrogen) atoms.